The first-order valence-corrected chi connectivity index (χ1v) is 9.01. The van der Waals surface area contributed by atoms with E-state index in [-0.39, 0.29) is 6.42 Å². The molecule has 1 aromatic carbocycles. The van der Waals surface area contributed by atoms with Crippen LogP contribution in [0.5, 0.6) is 0 Å². The van der Waals surface area contributed by atoms with E-state index < -0.39 is 5.97 Å². The molecule has 3 aromatic rings. The molecule has 3 heterocycles. The second-order valence-electron chi connectivity index (χ2n) is 6.37. The number of pyridine rings is 1. The molecule has 1 aliphatic heterocycles. The Labute approximate surface area is 147 Å². The summed E-state index contributed by atoms with van der Waals surface area (Å²) in [5.41, 5.74) is 1.09. The Morgan fingerprint density at radius 1 is 1.32 bits per heavy atom. The molecule has 2 unspecified atom stereocenters. The predicted octanol–water partition coefficient (Wildman–Crippen LogP) is 3.99. The molecule has 1 saturated carbocycles. The molecule has 5 nitrogen and oxygen atoms in total. The van der Waals surface area contributed by atoms with Gasteiger partial charge in [0.1, 0.15) is 5.69 Å². The largest absolute Gasteiger partial charge is 0.481 e. The van der Waals surface area contributed by atoms with E-state index in [1.165, 1.54) is 6.42 Å². The monoisotopic (exact) mass is 350 g/mol. The van der Waals surface area contributed by atoms with Crippen molar-refractivity contribution in [2.24, 2.45) is 5.92 Å². The molecule has 2 aromatic heterocycles. The lowest BCUT2D eigenvalue weighted by atomic mass is 10.1. The van der Waals surface area contributed by atoms with Gasteiger partial charge in [-0.1, -0.05) is 30.3 Å². The fraction of sp³-hybridized carbons (Fsp3) is 0.211. The summed E-state index contributed by atoms with van der Waals surface area (Å²) < 4.78 is 5.98. The Kier molecular flexibility index (Phi) is 3.21. The van der Waals surface area contributed by atoms with Gasteiger partial charge in [0.05, 0.1) is 12.1 Å². The van der Waals surface area contributed by atoms with E-state index in [1.54, 1.807) is 18.0 Å². The highest BCUT2D eigenvalue weighted by molar-refractivity contribution is 8.09. The molecule has 25 heavy (non-hydrogen) atoms. The number of carboxylic acid groups (broad SMARTS) is 1. The maximum absolute atomic E-state index is 11.2. The first kappa shape index (κ1) is 14.7. The van der Waals surface area contributed by atoms with Crippen LogP contribution in [0.4, 0.5) is 0 Å². The number of hydrogen-bond acceptors (Lipinski definition) is 5. The van der Waals surface area contributed by atoms with Gasteiger partial charge < -0.3 is 9.52 Å². The predicted molar refractivity (Wildman–Crippen MR) is 96.0 cm³/mol. The number of nitrogens with zero attached hydrogens (tertiary/aromatic N) is 2. The molecule has 0 bridgehead atoms. The zero-order chi connectivity index (χ0) is 17.0. The van der Waals surface area contributed by atoms with Crippen molar-refractivity contribution >= 4 is 33.4 Å². The Morgan fingerprint density at radius 3 is 2.92 bits per heavy atom. The fourth-order valence-electron chi connectivity index (χ4n) is 3.14. The van der Waals surface area contributed by atoms with Crippen LogP contribution in [0.1, 0.15) is 17.9 Å². The van der Waals surface area contributed by atoms with E-state index in [4.69, 9.17) is 4.42 Å². The molecule has 1 aliphatic carbocycles. The van der Waals surface area contributed by atoms with Gasteiger partial charge in [-0.25, -0.2) is 4.98 Å². The number of aliphatic carboxylic acids is 1. The van der Waals surface area contributed by atoms with Crippen molar-refractivity contribution in [2.75, 3.05) is 0 Å². The average molecular weight is 350 g/mol. The number of carbonyl (C=O) groups is 1. The topological polar surface area (TPSA) is 76.2 Å². The van der Waals surface area contributed by atoms with Crippen molar-refractivity contribution in [3.05, 3.63) is 54.1 Å². The van der Waals surface area contributed by atoms with E-state index >= 15 is 0 Å². The van der Waals surface area contributed by atoms with Crippen molar-refractivity contribution in [1.82, 2.24) is 9.97 Å². The third-order valence-corrected chi connectivity index (χ3v) is 5.93. The van der Waals surface area contributed by atoms with Crippen LogP contribution < -0.4 is 0 Å². The summed E-state index contributed by atoms with van der Waals surface area (Å²) in [6.07, 6.45) is 5.01. The normalized spacial score (nSPS) is 21.2. The Morgan fingerprint density at radius 2 is 2.16 bits per heavy atom. The van der Waals surface area contributed by atoms with Crippen molar-refractivity contribution in [3.8, 4) is 11.6 Å². The van der Waals surface area contributed by atoms with E-state index in [9.17, 15) is 9.90 Å². The lowest BCUT2D eigenvalue weighted by Crippen LogP contribution is -2.02. The highest BCUT2D eigenvalue weighted by Crippen LogP contribution is 2.56. The van der Waals surface area contributed by atoms with E-state index in [0.717, 1.165) is 15.7 Å². The van der Waals surface area contributed by atoms with Crippen LogP contribution in [0.15, 0.2) is 47.0 Å². The summed E-state index contributed by atoms with van der Waals surface area (Å²) in [6, 6.07) is 9.85. The Bertz CT molecular complexity index is 1040. The molecule has 1 N–H and O–H groups in total. The summed E-state index contributed by atoms with van der Waals surface area (Å²) >= 11 is 1.76. The van der Waals surface area contributed by atoms with E-state index in [1.807, 2.05) is 30.3 Å². The number of benzene rings is 1. The highest BCUT2D eigenvalue weighted by Gasteiger charge is 2.43. The van der Waals surface area contributed by atoms with Crippen LogP contribution in [0.2, 0.25) is 0 Å². The molecule has 1 fully saturated rings. The number of carboxylic acids is 1. The summed E-state index contributed by atoms with van der Waals surface area (Å²) in [7, 11) is 0. The standard InChI is InChI=1S/C19H14N2O3S/c22-17(23)8-13-18(16-7-12-6-15(12)25-16)24-19(21-13)14-5-10-3-1-2-4-11(10)9-20-14/h1-5,7,9,12,15H,6,8H2,(H,22,23). The second kappa shape index (κ2) is 5.46. The SMILES string of the molecule is O=C(O)Cc1nc(-c2cc3ccccc3cn2)oc1C1=CC2CC2S1. The lowest BCUT2D eigenvalue weighted by molar-refractivity contribution is -0.136. The number of thioether (sulfide) groups is 1. The molecule has 124 valence electrons. The number of oxazole rings is 1. The molecule has 6 heteroatoms. The van der Waals surface area contributed by atoms with Crippen LogP contribution in [-0.2, 0) is 11.2 Å². The highest BCUT2D eigenvalue weighted by atomic mass is 32.2. The van der Waals surface area contributed by atoms with Gasteiger partial charge in [-0.15, -0.1) is 11.8 Å². The first-order chi connectivity index (χ1) is 12.2. The Hall–Kier alpha value is -2.60. The molecular weight excluding hydrogens is 336 g/mol. The van der Waals surface area contributed by atoms with Crippen molar-refractivity contribution in [1.29, 1.82) is 0 Å². The summed E-state index contributed by atoms with van der Waals surface area (Å²) in [6.45, 7) is 0. The van der Waals surface area contributed by atoms with Gasteiger partial charge >= 0.3 is 5.97 Å². The molecule has 2 aliphatic rings. The minimum Gasteiger partial charge on any atom is -0.481 e. The van der Waals surface area contributed by atoms with E-state index in [0.29, 0.717) is 34.2 Å². The second-order valence-corrected chi connectivity index (χ2v) is 7.65. The number of fused-ring (bicyclic) bond motifs is 2. The fourth-order valence-corrected chi connectivity index (χ4v) is 4.56. The molecule has 5 rings (SSSR count). The molecule has 2 atom stereocenters. The number of hydrogen-bond donors (Lipinski definition) is 1. The van der Waals surface area contributed by atoms with Crippen molar-refractivity contribution in [2.45, 2.75) is 18.1 Å². The Balaban J connectivity index is 1.59. The maximum Gasteiger partial charge on any atom is 0.309 e. The van der Waals surface area contributed by atoms with Crippen LogP contribution in [0.25, 0.3) is 27.3 Å². The summed E-state index contributed by atoms with van der Waals surface area (Å²) in [4.78, 5) is 21.1. The third kappa shape index (κ3) is 2.62. The van der Waals surface area contributed by atoms with Crippen molar-refractivity contribution in [3.63, 3.8) is 0 Å². The smallest absolute Gasteiger partial charge is 0.309 e. The molecule has 0 spiro atoms. The quantitative estimate of drug-likeness (QED) is 0.767. The van der Waals surface area contributed by atoms with Gasteiger partial charge in [0.15, 0.2) is 5.76 Å². The molecular formula is C19H14N2O3S. The van der Waals surface area contributed by atoms with Crippen LogP contribution in [0.3, 0.4) is 0 Å². The van der Waals surface area contributed by atoms with Gasteiger partial charge in [0, 0.05) is 21.7 Å². The lowest BCUT2D eigenvalue weighted by Gasteiger charge is -2.01. The van der Waals surface area contributed by atoms with Gasteiger partial charge in [-0.2, -0.15) is 0 Å². The summed E-state index contributed by atoms with van der Waals surface area (Å²) in [5.74, 6) is 0.648. The van der Waals surface area contributed by atoms with Crippen LogP contribution >= 0.6 is 11.8 Å². The van der Waals surface area contributed by atoms with Crippen LogP contribution in [0, 0.1) is 5.92 Å². The summed E-state index contributed by atoms with van der Waals surface area (Å²) in [5, 5.41) is 11.9. The zero-order valence-electron chi connectivity index (χ0n) is 13.2. The van der Waals surface area contributed by atoms with E-state index in [2.05, 4.69) is 16.0 Å². The number of rotatable bonds is 4. The number of aromatic nitrogens is 2. The zero-order valence-corrected chi connectivity index (χ0v) is 14.0. The number of allylic oxidation sites excluding steroid dienone is 1. The molecule has 0 saturated heterocycles. The van der Waals surface area contributed by atoms with Gasteiger partial charge in [0.2, 0.25) is 5.89 Å². The average Bonchev–Trinajstić information content (AvgIpc) is 3.03. The minimum atomic E-state index is -0.915. The third-order valence-electron chi connectivity index (χ3n) is 4.51. The van der Waals surface area contributed by atoms with Crippen molar-refractivity contribution < 1.29 is 14.3 Å². The first-order valence-electron chi connectivity index (χ1n) is 8.13. The van der Waals surface area contributed by atoms with Gasteiger partial charge in [-0.3, -0.25) is 9.78 Å². The van der Waals surface area contributed by atoms with Gasteiger partial charge in [-0.05, 0) is 23.8 Å². The molecule has 0 radical (unpaired) electrons. The van der Waals surface area contributed by atoms with Crippen LogP contribution in [-0.4, -0.2) is 26.3 Å². The minimum absolute atomic E-state index is 0.153. The molecule has 0 amide bonds. The van der Waals surface area contributed by atoms with Gasteiger partial charge in [0.25, 0.3) is 0 Å². The maximum atomic E-state index is 11.2.